The normalized spacial score (nSPS) is 10.1. The predicted molar refractivity (Wildman–Crippen MR) is 77.7 cm³/mol. The molecule has 4 N–H and O–H groups in total. The SMILES string of the molecule is Nc1ccc(C(=O)Nc2ccc(C(=O)O)cc2Br)nc1. The summed E-state index contributed by atoms with van der Waals surface area (Å²) in [5.74, 6) is -1.45. The minimum absolute atomic E-state index is 0.125. The van der Waals surface area contributed by atoms with Crippen molar-refractivity contribution < 1.29 is 14.7 Å². The van der Waals surface area contributed by atoms with Crippen LogP contribution >= 0.6 is 15.9 Å². The Balaban J connectivity index is 2.19. The van der Waals surface area contributed by atoms with E-state index in [1.165, 1.54) is 30.5 Å². The van der Waals surface area contributed by atoms with E-state index in [0.717, 1.165) is 0 Å². The molecule has 2 rings (SSSR count). The fraction of sp³-hybridized carbons (Fsp3) is 0. The highest BCUT2D eigenvalue weighted by Gasteiger charge is 2.11. The molecule has 0 atom stereocenters. The average Bonchev–Trinajstić information content (AvgIpc) is 2.41. The van der Waals surface area contributed by atoms with Crippen molar-refractivity contribution in [2.75, 3.05) is 11.1 Å². The number of halogens is 1. The van der Waals surface area contributed by atoms with Gasteiger partial charge >= 0.3 is 5.97 Å². The van der Waals surface area contributed by atoms with Gasteiger partial charge in [0.15, 0.2) is 0 Å². The number of nitrogens with one attached hydrogen (secondary N) is 1. The lowest BCUT2D eigenvalue weighted by atomic mass is 10.2. The molecule has 0 bridgehead atoms. The van der Waals surface area contributed by atoms with Crippen molar-refractivity contribution in [3.05, 3.63) is 52.3 Å². The third-order valence-electron chi connectivity index (χ3n) is 2.48. The summed E-state index contributed by atoms with van der Waals surface area (Å²) in [5.41, 5.74) is 6.76. The van der Waals surface area contributed by atoms with Gasteiger partial charge in [0, 0.05) is 4.47 Å². The number of carbonyl (C=O) groups is 2. The van der Waals surface area contributed by atoms with Crippen LogP contribution in [-0.4, -0.2) is 22.0 Å². The number of pyridine rings is 1. The van der Waals surface area contributed by atoms with E-state index < -0.39 is 11.9 Å². The maximum Gasteiger partial charge on any atom is 0.335 e. The molecule has 6 nitrogen and oxygen atoms in total. The lowest BCUT2D eigenvalue weighted by Crippen LogP contribution is -2.14. The summed E-state index contributed by atoms with van der Waals surface area (Å²) in [4.78, 5) is 26.7. The molecule has 1 heterocycles. The Morgan fingerprint density at radius 2 is 2.00 bits per heavy atom. The zero-order chi connectivity index (χ0) is 14.7. The molecule has 1 amide bonds. The molecule has 0 fully saturated rings. The monoisotopic (exact) mass is 335 g/mol. The number of hydrogen-bond acceptors (Lipinski definition) is 4. The Morgan fingerprint density at radius 1 is 1.25 bits per heavy atom. The number of carboxylic acid groups (broad SMARTS) is 1. The number of carbonyl (C=O) groups excluding carboxylic acids is 1. The number of benzene rings is 1. The number of rotatable bonds is 3. The quantitative estimate of drug-likeness (QED) is 0.798. The minimum atomic E-state index is -1.04. The highest BCUT2D eigenvalue weighted by Crippen LogP contribution is 2.24. The van der Waals surface area contributed by atoms with Gasteiger partial charge in [-0.15, -0.1) is 0 Å². The molecule has 102 valence electrons. The lowest BCUT2D eigenvalue weighted by Gasteiger charge is -2.07. The highest BCUT2D eigenvalue weighted by atomic mass is 79.9. The van der Waals surface area contributed by atoms with Crippen molar-refractivity contribution in [2.45, 2.75) is 0 Å². The van der Waals surface area contributed by atoms with Crippen LogP contribution in [0.15, 0.2) is 41.0 Å². The summed E-state index contributed by atoms with van der Waals surface area (Å²) in [7, 11) is 0. The number of nitrogen functional groups attached to an aromatic ring is 1. The molecule has 7 heteroatoms. The van der Waals surface area contributed by atoms with Gasteiger partial charge in [0.25, 0.3) is 5.91 Å². The second-order valence-corrected chi connectivity index (χ2v) is 4.79. The number of nitrogens with zero attached hydrogens (tertiary/aromatic N) is 1. The van der Waals surface area contributed by atoms with Gasteiger partial charge in [0.05, 0.1) is 23.1 Å². The van der Waals surface area contributed by atoms with Crippen molar-refractivity contribution in [3.8, 4) is 0 Å². The molecule has 0 unspecified atom stereocenters. The maximum atomic E-state index is 11.9. The molecular formula is C13H10BrN3O3. The molecule has 0 saturated carbocycles. The Kier molecular flexibility index (Phi) is 3.99. The molecule has 1 aromatic heterocycles. The van der Waals surface area contributed by atoms with Crippen LogP contribution in [0.25, 0.3) is 0 Å². The summed E-state index contributed by atoms with van der Waals surface area (Å²) < 4.78 is 0.473. The molecule has 20 heavy (non-hydrogen) atoms. The van der Waals surface area contributed by atoms with E-state index in [0.29, 0.717) is 15.8 Å². The smallest absolute Gasteiger partial charge is 0.335 e. The fourth-order valence-corrected chi connectivity index (χ4v) is 1.95. The van der Waals surface area contributed by atoms with E-state index >= 15 is 0 Å². The number of aromatic nitrogens is 1. The van der Waals surface area contributed by atoms with Crippen LogP contribution in [0.1, 0.15) is 20.8 Å². The molecule has 0 saturated heterocycles. The Hall–Kier alpha value is -2.41. The van der Waals surface area contributed by atoms with Gasteiger partial charge in [-0.05, 0) is 46.3 Å². The summed E-state index contributed by atoms with van der Waals surface area (Å²) in [6, 6.07) is 7.39. The second-order valence-electron chi connectivity index (χ2n) is 3.93. The molecule has 0 aliphatic carbocycles. The van der Waals surface area contributed by atoms with E-state index in [-0.39, 0.29) is 11.3 Å². The number of amides is 1. The largest absolute Gasteiger partial charge is 0.478 e. The number of nitrogens with two attached hydrogens (primary N) is 1. The molecule has 0 spiro atoms. The van der Waals surface area contributed by atoms with Crippen molar-refractivity contribution >= 4 is 39.2 Å². The number of carboxylic acids is 1. The molecule has 0 radical (unpaired) electrons. The van der Waals surface area contributed by atoms with E-state index in [4.69, 9.17) is 10.8 Å². The van der Waals surface area contributed by atoms with Gasteiger partial charge in [-0.3, -0.25) is 4.79 Å². The third-order valence-corrected chi connectivity index (χ3v) is 3.14. The topological polar surface area (TPSA) is 105 Å². The number of hydrogen-bond donors (Lipinski definition) is 3. The Labute approximate surface area is 122 Å². The minimum Gasteiger partial charge on any atom is -0.478 e. The van der Waals surface area contributed by atoms with E-state index in [1.807, 2.05) is 0 Å². The summed E-state index contributed by atoms with van der Waals surface area (Å²) in [5, 5.41) is 11.5. The van der Waals surface area contributed by atoms with Crippen molar-refractivity contribution in [1.29, 1.82) is 0 Å². The molecule has 2 aromatic rings. The summed E-state index contributed by atoms with van der Waals surface area (Å²) >= 11 is 3.21. The Morgan fingerprint density at radius 3 is 2.55 bits per heavy atom. The molecular weight excluding hydrogens is 326 g/mol. The maximum absolute atomic E-state index is 11.9. The van der Waals surface area contributed by atoms with E-state index in [1.54, 1.807) is 6.07 Å². The van der Waals surface area contributed by atoms with Crippen LogP contribution in [0.2, 0.25) is 0 Å². The fourth-order valence-electron chi connectivity index (χ4n) is 1.48. The van der Waals surface area contributed by atoms with Crippen molar-refractivity contribution in [2.24, 2.45) is 0 Å². The molecule has 0 aliphatic rings. The number of anilines is 2. The van der Waals surface area contributed by atoms with Crippen molar-refractivity contribution in [1.82, 2.24) is 4.98 Å². The summed E-state index contributed by atoms with van der Waals surface area (Å²) in [6.45, 7) is 0. The van der Waals surface area contributed by atoms with Gasteiger partial charge in [0.1, 0.15) is 5.69 Å². The van der Waals surface area contributed by atoms with Gasteiger partial charge in [-0.1, -0.05) is 0 Å². The van der Waals surface area contributed by atoms with Gasteiger partial charge < -0.3 is 16.2 Å². The second kappa shape index (κ2) is 5.70. The van der Waals surface area contributed by atoms with Gasteiger partial charge in [0.2, 0.25) is 0 Å². The summed E-state index contributed by atoms with van der Waals surface area (Å²) in [6.07, 6.45) is 1.39. The lowest BCUT2D eigenvalue weighted by molar-refractivity contribution is 0.0696. The first-order valence-electron chi connectivity index (χ1n) is 5.53. The van der Waals surface area contributed by atoms with Crippen LogP contribution in [0, 0.1) is 0 Å². The van der Waals surface area contributed by atoms with Crippen molar-refractivity contribution in [3.63, 3.8) is 0 Å². The van der Waals surface area contributed by atoms with Crippen LogP contribution in [-0.2, 0) is 0 Å². The highest BCUT2D eigenvalue weighted by molar-refractivity contribution is 9.10. The van der Waals surface area contributed by atoms with Crippen LogP contribution in [0.4, 0.5) is 11.4 Å². The van der Waals surface area contributed by atoms with Gasteiger partial charge in [-0.25, -0.2) is 9.78 Å². The first kappa shape index (κ1) is 14.0. The predicted octanol–water partition coefficient (Wildman–Crippen LogP) is 2.38. The van der Waals surface area contributed by atoms with E-state index in [9.17, 15) is 9.59 Å². The Bertz CT molecular complexity index is 671. The average molecular weight is 336 g/mol. The zero-order valence-electron chi connectivity index (χ0n) is 10.1. The van der Waals surface area contributed by atoms with Crippen LogP contribution in [0.3, 0.4) is 0 Å². The van der Waals surface area contributed by atoms with Crippen LogP contribution < -0.4 is 11.1 Å². The zero-order valence-corrected chi connectivity index (χ0v) is 11.7. The standard InChI is InChI=1S/C13H10BrN3O3/c14-9-5-7(13(19)20)1-3-10(9)17-12(18)11-4-2-8(15)6-16-11/h1-6H,15H2,(H,17,18)(H,19,20). The third kappa shape index (κ3) is 3.12. The number of aromatic carboxylic acids is 1. The van der Waals surface area contributed by atoms with Crippen LogP contribution in [0.5, 0.6) is 0 Å². The first-order valence-corrected chi connectivity index (χ1v) is 6.32. The van der Waals surface area contributed by atoms with Gasteiger partial charge in [-0.2, -0.15) is 0 Å². The molecule has 0 aliphatic heterocycles. The molecule has 1 aromatic carbocycles. The first-order chi connectivity index (χ1) is 9.47. The van der Waals surface area contributed by atoms with E-state index in [2.05, 4.69) is 26.2 Å².